The Morgan fingerprint density at radius 1 is 1.45 bits per heavy atom. The minimum atomic E-state index is -0.0530. The number of aromatic nitrogens is 1. The van der Waals surface area contributed by atoms with E-state index < -0.39 is 0 Å². The van der Waals surface area contributed by atoms with E-state index in [4.69, 9.17) is 8.94 Å². The fourth-order valence-electron chi connectivity index (χ4n) is 2.80. The monoisotopic (exact) mass is 274 g/mol. The Kier molecular flexibility index (Phi) is 3.34. The molecule has 0 bridgehead atoms. The highest BCUT2D eigenvalue weighted by atomic mass is 16.5. The van der Waals surface area contributed by atoms with Crippen molar-refractivity contribution < 1.29 is 13.7 Å². The molecule has 3 rings (SSSR count). The summed E-state index contributed by atoms with van der Waals surface area (Å²) >= 11 is 0. The molecule has 0 aliphatic carbocycles. The summed E-state index contributed by atoms with van der Waals surface area (Å²) in [4.78, 5) is 14.4. The molecule has 0 N–H and O–H groups in total. The SMILES string of the molecule is CC(C)C1CCCN1C(=O)c1cc(-c2ccco2)on1. The largest absolute Gasteiger partial charge is 0.461 e. The predicted octanol–water partition coefficient (Wildman–Crippen LogP) is 3.20. The van der Waals surface area contributed by atoms with E-state index in [0.29, 0.717) is 29.2 Å². The van der Waals surface area contributed by atoms with Crippen LogP contribution in [0.1, 0.15) is 37.2 Å². The molecule has 1 aliphatic rings. The highest BCUT2D eigenvalue weighted by Gasteiger charge is 2.32. The van der Waals surface area contributed by atoms with Crippen molar-refractivity contribution in [2.45, 2.75) is 32.7 Å². The standard InChI is InChI=1S/C15H18N2O3/c1-10(2)12-5-3-7-17(12)15(18)11-9-14(20-16-11)13-6-4-8-19-13/h4,6,8-10,12H,3,5,7H2,1-2H3. The Bertz CT molecular complexity index is 586. The van der Waals surface area contributed by atoms with Gasteiger partial charge in [0.25, 0.3) is 5.91 Å². The molecule has 1 amide bonds. The number of carbonyl (C=O) groups excluding carboxylic acids is 1. The van der Waals surface area contributed by atoms with Gasteiger partial charge in [0.15, 0.2) is 11.5 Å². The third-order valence-electron chi connectivity index (χ3n) is 3.82. The van der Waals surface area contributed by atoms with E-state index in [1.54, 1.807) is 24.5 Å². The molecule has 0 spiro atoms. The van der Waals surface area contributed by atoms with E-state index in [1.807, 2.05) is 4.90 Å². The molecule has 2 aromatic rings. The zero-order valence-corrected chi connectivity index (χ0v) is 11.7. The predicted molar refractivity (Wildman–Crippen MR) is 73.1 cm³/mol. The van der Waals surface area contributed by atoms with E-state index in [9.17, 15) is 4.79 Å². The van der Waals surface area contributed by atoms with Crippen molar-refractivity contribution in [1.29, 1.82) is 0 Å². The van der Waals surface area contributed by atoms with Crippen LogP contribution < -0.4 is 0 Å². The lowest BCUT2D eigenvalue weighted by atomic mass is 10.0. The second-order valence-electron chi connectivity index (χ2n) is 5.51. The summed E-state index contributed by atoms with van der Waals surface area (Å²) in [5.41, 5.74) is 0.351. The summed E-state index contributed by atoms with van der Waals surface area (Å²) in [6.07, 6.45) is 3.68. The van der Waals surface area contributed by atoms with Gasteiger partial charge in [-0.3, -0.25) is 4.79 Å². The molecule has 3 heterocycles. The van der Waals surface area contributed by atoms with Crippen molar-refractivity contribution in [3.05, 3.63) is 30.2 Å². The maximum Gasteiger partial charge on any atom is 0.276 e. The van der Waals surface area contributed by atoms with Crippen LogP contribution in [-0.4, -0.2) is 28.6 Å². The van der Waals surface area contributed by atoms with Gasteiger partial charge in [-0.1, -0.05) is 19.0 Å². The normalized spacial score (nSPS) is 18.9. The van der Waals surface area contributed by atoms with Crippen LogP contribution in [0.5, 0.6) is 0 Å². The Labute approximate surface area is 117 Å². The first-order valence-electron chi connectivity index (χ1n) is 6.98. The van der Waals surface area contributed by atoms with Crippen molar-refractivity contribution in [2.24, 2.45) is 5.92 Å². The molecule has 1 atom stereocenters. The third-order valence-corrected chi connectivity index (χ3v) is 3.82. The first kappa shape index (κ1) is 13.0. The second kappa shape index (κ2) is 5.15. The van der Waals surface area contributed by atoms with Gasteiger partial charge >= 0.3 is 0 Å². The minimum Gasteiger partial charge on any atom is -0.461 e. The van der Waals surface area contributed by atoms with Gasteiger partial charge in [0, 0.05) is 18.7 Å². The Balaban J connectivity index is 1.81. The van der Waals surface area contributed by atoms with E-state index in [0.717, 1.165) is 19.4 Å². The molecule has 1 aliphatic heterocycles. The molecule has 5 heteroatoms. The van der Waals surface area contributed by atoms with Gasteiger partial charge < -0.3 is 13.8 Å². The van der Waals surface area contributed by atoms with Crippen LogP contribution in [-0.2, 0) is 0 Å². The zero-order chi connectivity index (χ0) is 14.1. The van der Waals surface area contributed by atoms with Gasteiger partial charge in [-0.05, 0) is 30.9 Å². The summed E-state index contributed by atoms with van der Waals surface area (Å²) in [6, 6.07) is 5.50. The lowest BCUT2D eigenvalue weighted by Gasteiger charge is -2.26. The number of amides is 1. The first-order chi connectivity index (χ1) is 9.66. The van der Waals surface area contributed by atoms with Crippen LogP contribution in [0.25, 0.3) is 11.5 Å². The van der Waals surface area contributed by atoms with E-state index in [-0.39, 0.29) is 5.91 Å². The molecule has 2 aromatic heterocycles. The molecule has 1 unspecified atom stereocenters. The summed E-state index contributed by atoms with van der Waals surface area (Å²) in [6.45, 7) is 5.09. The Hall–Kier alpha value is -2.04. The van der Waals surface area contributed by atoms with Gasteiger partial charge in [0.2, 0.25) is 5.76 Å². The fourth-order valence-corrected chi connectivity index (χ4v) is 2.80. The fraction of sp³-hybridized carbons (Fsp3) is 0.467. The number of nitrogens with zero attached hydrogens (tertiary/aromatic N) is 2. The molecule has 106 valence electrons. The number of carbonyl (C=O) groups is 1. The summed E-state index contributed by atoms with van der Waals surface area (Å²) < 4.78 is 10.4. The second-order valence-corrected chi connectivity index (χ2v) is 5.51. The first-order valence-corrected chi connectivity index (χ1v) is 6.98. The zero-order valence-electron chi connectivity index (χ0n) is 11.7. The van der Waals surface area contributed by atoms with Gasteiger partial charge in [-0.2, -0.15) is 0 Å². The quantitative estimate of drug-likeness (QED) is 0.862. The highest BCUT2D eigenvalue weighted by Crippen LogP contribution is 2.27. The van der Waals surface area contributed by atoms with Gasteiger partial charge in [0.1, 0.15) is 0 Å². The van der Waals surface area contributed by atoms with Crippen LogP contribution >= 0.6 is 0 Å². The van der Waals surface area contributed by atoms with Crippen LogP contribution in [0.3, 0.4) is 0 Å². The van der Waals surface area contributed by atoms with Crippen molar-refractivity contribution in [3.63, 3.8) is 0 Å². The van der Waals surface area contributed by atoms with Crippen molar-refractivity contribution in [1.82, 2.24) is 10.1 Å². The molecular formula is C15H18N2O3. The van der Waals surface area contributed by atoms with Gasteiger partial charge in [-0.25, -0.2) is 0 Å². The molecule has 20 heavy (non-hydrogen) atoms. The summed E-state index contributed by atoms with van der Waals surface area (Å²) in [7, 11) is 0. The molecule has 0 saturated carbocycles. The van der Waals surface area contributed by atoms with Crippen molar-refractivity contribution >= 4 is 5.91 Å². The number of rotatable bonds is 3. The van der Waals surface area contributed by atoms with Crippen LogP contribution in [0.15, 0.2) is 33.4 Å². The lowest BCUT2D eigenvalue weighted by Crippen LogP contribution is -2.38. The molecule has 1 saturated heterocycles. The van der Waals surface area contributed by atoms with Crippen LogP contribution in [0.4, 0.5) is 0 Å². The molecular weight excluding hydrogens is 256 g/mol. The summed E-state index contributed by atoms with van der Waals surface area (Å²) in [5, 5.41) is 3.88. The molecule has 5 nitrogen and oxygen atoms in total. The van der Waals surface area contributed by atoms with E-state index >= 15 is 0 Å². The topological polar surface area (TPSA) is 59.5 Å². The minimum absolute atomic E-state index is 0.0530. The number of likely N-dealkylation sites (tertiary alicyclic amines) is 1. The Morgan fingerprint density at radius 2 is 2.30 bits per heavy atom. The summed E-state index contributed by atoms with van der Waals surface area (Å²) in [5.74, 6) is 1.47. The smallest absolute Gasteiger partial charge is 0.276 e. The van der Waals surface area contributed by atoms with Gasteiger partial charge in [-0.15, -0.1) is 0 Å². The molecule has 0 radical (unpaired) electrons. The molecule has 0 aromatic carbocycles. The number of hydrogen-bond acceptors (Lipinski definition) is 4. The average molecular weight is 274 g/mol. The van der Waals surface area contributed by atoms with Crippen molar-refractivity contribution in [2.75, 3.05) is 6.54 Å². The third kappa shape index (κ3) is 2.24. The maximum atomic E-state index is 12.5. The van der Waals surface area contributed by atoms with Gasteiger partial charge in [0.05, 0.1) is 6.26 Å². The van der Waals surface area contributed by atoms with E-state index in [1.165, 1.54) is 0 Å². The molecule has 1 fully saturated rings. The lowest BCUT2D eigenvalue weighted by molar-refractivity contribution is 0.0691. The van der Waals surface area contributed by atoms with Crippen molar-refractivity contribution in [3.8, 4) is 11.5 Å². The average Bonchev–Trinajstić information content (AvgIpc) is 3.17. The highest BCUT2D eigenvalue weighted by molar-refractivity contribution is 5.93. The number of furan rings is 1. The van der Waals surface area contributed by atoms with E-state index in [2.05, 4.69) is 19.0 Å². The van der Waals surface area contributed by atoms with Crippen LogP contribution in [0.2, 0.25) is 0 Å². The Morgan fingerprint density at radius 3 is 3.00 bits per heavy atom. The van der Waals surface area contributed by atoms with Crippen LogP contribution in [0, 0.1) is 5.92 Å². The number of hydrogen-bond donors (Lipinski definition) is 0. The maximum absolute atomic E-state index is 12.5.